The van der Waals surface area contributed by atoms with Crippen molar-refractivity contribution in [2.24, 2.45) is 5.92 Å². The molecule has 1 rings (SSSR count). The molecule has 1 amide bonds. The largest absolute Gasteiger partial charge is 0.444 e. The van der Waals surface area contributed by atoms with Crippen LogP contribution in [0.25, 0.3) is 0 Å². The van der Waals surface area contributed by atoms with Crippen molar-refractivity contribution < 1.29 is 18.7 Å². The average molecular weight is 259 g/mol. The van der Waals surface area contributed by atoms with Crippen molar-refractivity contribution in [1.29, 1.82) is 0 Å². The molecule has 104 valence electrons. The van der Waals surface area contributed by atoms with Crippen molar-refractivity contribution in [1.82, 2.24) is 4.90 Å². The summed E-state index contributed by atoms with van der Waals surface area (Å²) in [5.41, 5.74) is -0.556. The van der Waals surface area contributed by atoms with Gasteiger partial charge in [0.15, 0.2) is 12.0 Å². The SMILES string of the molecule is CC(=O)C(F)C1CCCN(C(=O)OC(C)(C)C)C1. The lowest BCUT2D eigenvalue weighted by Crippen LogP contribution is -2.45. The van der Waals surface area contributed by atoms with Crippen LogP contribution in [-0.2, 0) is 9.53 Å². The zero-order chi connectivity index (χ0) is 13.9. The minimum Gasteiger partial charge on any atom is -0.444 e. The van der Waals surface area contributed by atoms with Crippen LogP contribution in [0.1, 0.15) is 40.5 Å². The third kappa shape index (κ3) is 4.27. The highest BCUT2D eigenvalue weighted by atomic mass is 19.1. The molecular formula is C13H22FNO3. The zero-order valence-corrected chi connectivity index (χ0v) is 11.5. The highest BCUT2D eigenvalue weighted by Crippen LogP contribution is 2.23. The van der Waals surface area contributed by atoms with E-state index >= 15 is 0 Å². The lowest BCUT2D eigenvalue weighted by molar-refractivity contribution is -0.124. The fourth-order valence-corrected chi connectivity index (χ4v) is 2.07. The first kappa shape index (κ1) is 14.9. The Balaban J connectivity index is 2.58. The maximum absolute atomic E-state index is 13.7. The van der Waals surface area contributed by atoms with Crippen molar-refractivity contribution in [2.45, 2.75) is 52.3 Å². The second-order valence-electron chi connectivity index (χ2n) is 5.84. The van der Waals surface area contributed by atoms with Crippen LogP contribution in [0, 0.1) is 5.92 Å². The Morgan fingerprint density at radius 3 is 2.50 bits per heavy atom. The Morgan fingerprint density at radius 2 is 2.00 bits per heavy atom. The van der Waals surface area contributed by atoms with E-state index in [1.54, 1.807) is 20.8 Å². The van der Waals surface area contributed by atoms with Crippen LogP contribution in [0.3, 0.4) is 0 Å². The number of halogens is 1. The first-order valence-electron chi connectivity index (χ1n) is 6.33. The lowest BCUT2D eigenvalue weighted by atomic mass is 9.92. The van der Waals surface area contributed by atoms with E-state index in [4.69, 9.17) is 4.74 Å². The van der Waals surface area contributed by atoms with E-state index in [2.05, 4.69) is 0 Å². The summed E-state index contributed by atoms with van der Waals surface area (Å²) in [4.78, 5) is 24.4. The van der Waals surface area contributed by atoms with Gasteiger partial charge >= 0.3 is 6.09 Å². The molecule has 0 bridgehead atoms. The summed E-state index contributed by atoms with van der Waals surface area (Å²) in [5.74, 6) is -0.866. The smallest absolute Gasteiger partial charge is 0.410 e. The number of alkyl halides is 1. The van der Waals surface area contributed by atoms with Crippen LogP contribution in [0.4, 0.5) is 9.18 Å². The number of amides is 1. The highest BCUT2D eigenvalue weighted by molar-refractivity contribution is 5.80. The first-order chi connectivity index (χ1) is 8.20. The highest BCUT2D eigenvalue weighted by Gasteiger charge is 2.33. The van der Waals surface area contributed by atoms with Crippen molar-refractivity contribution in [3.05, 3.63) is 0 Å². The maximum Gasteiger partial charge on any atom is 0.410 e. The Kier molecular flexibility index (Phi) is 4.71. The van der Waals surface area contributed by atoms with Gasteiger partial charge in [0.05, 0.1) is 0 Å². The third-order valence-electron chi connectivity index (χ3n) is 2.91. The summed E-state index contributed by atoms with van der Waals surface area (Å²) >= 11 is 0. The second kappa shape index (κ2) is 5.67. The van der Waals surface area contributed by atoms with E-state index in [0.717, 1.165) is 0 Å². The number of ether oxygens (including phenoxy) is 1. The van der Waals surface area contributed by atoms with Gasteiger partial charge in [-0.3, -0.25) is 4.79 Å². The van der Waals surface area contributed by atoms with Crippen molar-refractivity contribution in [3.8, 4) is 0 Å². The Morgan fingerprint density at radius 1 is 1.39 bits per heavy atom. The van der Waals surface area contributed by atoms with Crippen LogP contribution >= 0.6 is 0 Å². The molecule has 2 unspecified atom stereocenters. The van der Waals surface area contributed by atoms with Crippen LogP contribution in [0.5, 0.6) is 0 Å². The fourth-order valence-electron chi connectivity index (χ4n) is 2.07. The topological polar surface area (TPSA) is 46.6 Å². The summed E-state index contributed by atoms with van der Waals surface area (Å²) in [5, 5.41) is 0. The average Bonchev–Trinajstić information content (AvgIpc) is 2.25. The van der Waals surface area contributed by atoms with Crippen LogP contribution in [0.15, 0.2) is 0 Å². The molecule has 1 aliphatic rings. The molecule has 1 fully saturated rings. The quantitative estimate of drug-likeness (QED) is 0.765. The third-order valence-corrected chi connectivity index (χ3v) is 2.91. The molecular weight excluding hydrogens is 237 g/mol. The molecule has 1 saturated heterocycles. The molecule has 18 heavy (non-hydrogen) atoms. The van der Waals surface area contributed by atoms with Crippen molar-refractivity contribution in [2.75, 3.05) is 13.1 Å². The molecule has 0 spiro atoms. The predicted molar refractivity (Wildman–Crippen MR) is 66.1 cm³/mol. The molecule has 5 heteroatoms. The number of ketones is 1. The Hall–Kier alpha value is -1.13. The number of nitrogens with zero attached hydrogens (tertiary/aromatic N) is 1. The van der Waals surface area contributed by atoms with Gasteiger partial charge < -0.3 is 9.64 Å². The van der Waals surface area contributed by atoms with E-state index in [9.17, 15) is 14.0 Å². The summed E-state index contributed by atoms with van der Waals surface area (Å²) < 4.78 is 18.9. The Labute approximate surface area is 107 Å². The number of carbonyl (C=O) groups excluding carboxylic acids is 2. The van der Waals surface area contributed by atoms with Gasteiger partial charge in [0.1, 0.15) is 5.60 Å². The fraction of sp³-hybridized carbons (Fsp3) is 0.846. The molecule has 4 nitrogen and oxygen atoms in total. The minimum atomic E-state index is -1.48. The molecule has 1 aliphatic heterocycles. The number of rotatable bonds is 2. The predicted octanol–water partition coefficient (Wildman–Crippen LogP) is 2.56. The monoisotopic (exact) mass is 259 g/mol. The number of hydrogen-bond acceptors (Lipinski definition) is 3. The summed E-state index contributed by atoms with van der Waals surface area (Å²) in [6, 6.07) is 0. The van der Waals surface area contributed by atoms with Gasteiger partial charge in [-0.2, -0.15) is 0 Å². The van der Waals surface area contributed by atoms with Crippen molar-refractivity contribution in [3.63, 3.8) is 0 Å². The van der Waals surface area contributed by atoms with E-state index < -0.39 is 29.6 Å². The van der Waals surface area contributed by atoms with Gasteiger partial charge in [-0.05, 0) is 40.5 Å². The molecule has 0 radical (unpaired) electrons. The van der Waals surface area contributed by atoms with Crippen LogP contribution < -0.4 is 0 Å². The lowest BCUT2D eigenvalue weighted by Gasteiger charge is -2.34. The molecule has 2 atom stereocenters. The molecule has 1 heterocycles. The number of piperidine rings is 1. The number of Topliss-reactive ketones (excluding diaryl/α,β-unsaturated/α-hetero) is 1. The minimum absolute atomic E-state index is 0.260. The van der Waals surface area contributed by atoms with E-state index in [1.165, 1.54) is 11.8 Å². The van der Waals surface area contributed by atoms with Gasteiger partial charge in [-0.1, -0.05) is 0 Å². The van der Waals surface area contributed by atoms with Crippen LogP contribution in [-0.4, -0.2) is 41.6 Å². The molecule has 0 aromatic heterocycles. The van der Waals surface area contributed by atoms with Gasteiger partial charge in [-0.25, -0.2) is 9.18 Å². The maximum atomic E-state index is 13.7. The van der Waals surface area contributed by atoms with Crippen LogP contribution in [0.2, 0.25) is 0 Å². The summed E-state index contributed by atoms with van der Waals surface area (Å²) in [6.07, 6.45) is -0.560. The number of hydrogen-bond donors (Lipinski definition) is 0. The molecule has 0 aromatic carbocycles. The normalized spacial score (nSPS) is 22.5. The van der Waals surface area contributed by atoms with Gasteiger partial charge in [0.2, 0.25) is 0 Å². The molecule has 0 saturated carbocycles. The van der Waals surface area contributed by atoms with E-state index in [0.29, 0.717) is 19.4 Å². The van der Waals surface area contributed by atoms with Gasteiger partial charge in [-0.15, -0.1) is 0 Å². The summed E-state index contributed by atoms with van der Waals surface area (Å²) in [6.45, 7) is 7.45. The van der Waals surface area contributed by atoms with Gasteiger partial charge in [0, 0.05) is 19.0 Å². The Bertz CT molecular complexity index is 325. The van der Waals surface area contributed by atoms with E-state index in [1.807, 2.05) is 0 Å². The standard InChI is InChI=1S/C13H22FNO3/c1-9(16)11(14)10-6-5-7-15(8-10)12(17)18-13(2,3)4/h10-11H,5-8H2,1-4H3. The molecule has 0 N–H and O–H groups in total. The van der Waals surface area contributed by atoms with Crippen molar-refractivity contribution >= 4 is 11.9 Å². The molecule has 0 aromatic rings. The summed E-state index contributed by atoms with van der Waals surface area (Å²) in [7, 11) is 0. The van der Waals surface area contributed by atoms with Gasteiger partial charge in [0.25, 0.3) is 0 Å². The van der Waals surface area contributed by atoms with E-state index in [-0.39, 0.29) is 6.54 Å². The number of likely N-dealkylation sites (tertiary alicyclic amines) is 1. The zero-order valence-electron chi connectivity index (χ0n) is 11.5. The molecule has 0 aliphatic carbocycles. The number of carbonyl (C=O) groups is 2. The second-order valence-corrected chi connectivity index (χ2v) is 5.84. The first-order valence-corrected chi connectivity index (χ1v) is 6.33.